The van der Waals surface area contributed by atoms with Crippen LogP contribution in [0.2, 0.25) is 0 Å². The van der Waals surface area contributed by atoms with Gasteiger partial charge in [0, 0.05) is 18.3 Å². The van der Waals surface area contributed by atoms with Gasteiger partial charge in [0.05, 0.1) is 0 Å². The van der Waals surface area contributed by atoms with Crippen LogP contribution in [0.3, 0.4) is 0 Å². The second kappa shape index (κ2) is 6.57. The topological polar surface area (TPSA) is 72.5 Å². The molecule has 0 bridgehead atoms. The first-order valence-electron chi connectivity index (χ1n) is 3.95. The van der Waals surface area contributed by atoms with Gasteiger partial charge in [-0.05, 0) is 19.1 Å². The smallest absolute Gasteiger partial charge is 0.234 e. The van der Waals surface area contributed by atoms with Crippen molar-refractivity contribution < 1.29 is 9.59 Å². The predicted molar refractivity (Wildman–Crippen MR) is 54.9 cm³/mol. The first kappa shape index (κ1) is 12.1. The van der Waals surface area contributed by atoms with Crippen molar-refractivity contribution in [2.24, 2.45) is 4.99 Å². The fraction of sp³-hybridized carbons (Fsp3) is 0.200. The van der Waals surface area contributed by atoms with E-state index in [1.165, 1.54) is 20.1 Å². The number of carbonyl (C=O) groups excluding carboxylic acids is 2. The molecule has 0 spiro atoms. The molecule has 0 saturated heterocycles. The number of nitrogens with zero attached hydrogens (tertiary/aromatic N) is 1. The lowest BCUT2D eigenvalue weighted by Gasteiger charge is -1.97. The maximum absolute atomic E-state index is 10.8. The molecule has 0 amide bonds. The highest BCUT2D eigenvalue weighted by Crippen LogP contribution is 2.09. The lowest BCUT2D eigenvalue weighted by molar-refractivity contribution is 0.101. The molecule has 0 heterocycles. The number of para-hydroxylation sites is 1. The zero-order valence-electron chi connectivity index (χ0n) is 8.15. The van der Waals surface area contributed by atoms with Gasteiger partial charge in [0.25, 0.3) is 0 Å². The molecule has 0 fully saturated rings. The van der Waals surface area contributed by atoms with Gasteiger partial charge in [-0.25, -0.2) is 9.79 Å². The van der Waals surface area contributed by atoms with Crippen LogP contribution in [-0.4, -0.2) is 18.9 Å². The molecule has 1 aromatic carbocycles. The van der Waals surface area contributed by atoms with Crippen molar-refractivity contribution in [1.29, 1.82) is 0 Å². The van der Waals surface area contributed by atoms with Crippen molar-refractivity contribution in [3.05, 3.63) is 29.8 Å². The van der Waals surface area contributed by atoms with Crippen molar-refractivity contribution in [3.63, 3.8) is 0 Å². The summed E-state index contributed by atoms with van der Waals surface area (Å²) in [5, 5.41) is 0. The third kappa shape index (κ3) is 4.18. The number of aliphatic imine (C=N–C) groups is 1. The molecule has 1 aromatic rings. The summed E-state index contributed by atoms with van der Waals surface area (Å²) in [6, 6.07) is 7.04. The van der Waals surface area contributed by atoms with E-state index in [1.54, 1.807) is 18.2 Å². The van der Waals surface area contributed by atoms with E-state index in [9.17, 15) is 4.79 Å². The minimum Gasteiger partial charge on any atom is -0.398 e. The minimum absolute atomic E-state index is 0.0121. The van der Waals surface area contributed by atoms with Crippen LogP contribution in [0.25, 0.3) is 0 Å². The van der Waals surface area contributed by atoms with E-state index < -0.39 is 0 Å². The summed E-state index contributed by atoms with van der Waals surface area (Å²) in [4.78, 5) is 22.6. The zero-order valence-corrected chi connectivity index (χ0v) is 8.15. The van der Waals surface area contributed by atoms with E-state index in [-0.39, 0.29) is 5.78 Å². The van der Waals surface area contributed by atoms with Crippen LogP contribution >= 0.6 is 0 Å². The monoisotopic (exact) mass is 192 g/mol. The summed E-state index contributed by atoms with van der Waals surface area (Å²) in [6.45, 7) is 1.51. The average molecular weight is 192 g/mol. The first-order chi connectivity index (χ1) is 6.63. The molecule has 0 saturated carbocycles. The molecule has 0 aliphatic carbocycles. The van der Waals surface area contributed by atoms with Gasteiger partial charge < -0.3 is 5.73 Å². The Morgan fingerprint density at radius 2 is 1.93 bits per heavy atom. The predicted octanol–water partition coefficient (Wildman–Crippen LogP) is 1.42. The molecular formula is C10H12N2O2. The molecule has 0 atom stereocenters. The quantitative estimate of drug-likeness (QED) is 0.316. The van der Waals surface area contributed by atoms with E-state index in [0.29, 0.717) is 11.3 Å². The van der Waals surface area contributed by atoms with E-state index in [2.05, 4.69) is 4.99 Å². The largest absolute Gasteiger partial charge is 0.398 e. The van der Waals surface area contributed by atoms with Gasteiger partial charge in [0.1, 0.15) is 0 Å². The van der Waals surface area contributed by atoms with Crippen molar-refractivity contribution >= 4 is 17.6 Å². The number of anilines is 1. The maximum Gasteiger partial charge on any atom is 0.234 e. The second-order valence-electron chi connectivity index (χ2n) is 2.46. The molecule has 1 rings (SSSR count). The molecule has 2 N–H and O–H groups in total. The Labute approximate surface area is 82.5 Å². The number of hydrogen-bond donors (Lipinski definition) is 1. The fourth-order valence-corrected chi connectivity index (χ4v) is 0.818. The number of carbonyl (C=O) groups is 1. The van der Waals surface area contributed by atoms with E-state index in [0.717, 1.165) is 0 Å². The molecule has 0 aliphatic heterocycles. The van der Waals surface area contributed by atoms with Crippen molar-refractivity contribution in [2.75, 3.05) is 12.8 Å². The summed E-state index contributed by atoms with van der Waals surface area (Å²) < 4.78 is 0. The van der Waals surface area contributed by atoms with Gasteiger partial charge in [0.15, 0.2) is 5.78 Å². The van der Waals surface area contributed by atoms with Gasteiger partial charge in [-0.2, -0.15) is 0 Å². The standard InChI is InChI=1S/C8H9NO.C2H3NO/c1-6(10)7-4-2-3-5-8(7)9;1-3-2-4/h2-5H,9H2,1H3;1H3. The van der Waals surface area contributed by atoms with Crippen molar-refractivity contribution in [2.45, 2.75) is 6.92 Å². The van der Waals surface area contributed by atoms with Gasteiger partial charge in [-0.15, -0.1) is 0 Å². The van der Waals surface area contributed by atoms with Gasteiger partial charge >= 0.3 is 0 Å². The number of benzene rings is 1. The normalized spacial score (nSPS) is 7.86. The second-order valence-corrected chi connectivity index (χ2v) is 2.46. The molecule has 0 aromatic heterocycles. The number of nitrogen functional groups attached to an aromatic ring is 1. The summed E-state index contributed by atoms with van der Waals surface area (Å²) in [7, 11) is 1.38. The number of rotatable bonds is 1. The van der Waals surface area contributed by atoms with Crippen molar-refractivity contribution in [1.82, 2.24) is 0 Å². The number of isocyanates is 1. The zero-order chi connectivity index (χ0) is 11.0. The Morgan fingerprint density at radius 1 is 1.43 bits per heavy atom. The summed E-state index contributed by atoms with van der Waals surface area (Å²) in [6.07, 6.45) is 1.31. The van der Waals surface area contributed by atoms with Crippen LogP contribution < -0.4 is 5.73 Å². The van der Waals surface area contributed by atoms with Crippen LogP contribution in [-0.2, 0) is 4.79 Å². The van der Waals surface area contributed by atoms with Crippen LogP contribution in [0.5, 0.6) is 0 Å². The Bertz CT molecular complexity index is 355. The molecule has 74 valence electrons. The fourth-order valence-electron chi connectivity index (χ4n) is 0.818. The van der Waals surface area contributed by atoms with Gasteiger partial charge in [-0.3, -0.25) is 4.79 Å². The Kier molecular flexibility index (Phi) is 5.67. The molecule has 4 heteroatoms. The van der Waals surface area contributed by atoms with E-state index in [4.69, 9.17) is 10.5 Å². The number of nitrogens with two attached hydrogens (primary N) is 1. The number of Topliss-reactive ketones (excluding diaryl/α,β-unsaturated/α-hetero) is 1. The Morgan fingerprint density at radius 3 is 2.21 bits per heavy atom. The number of ketones is 1. The highest BCUT2D eigenvalue weighted by molar-refractivity contribution is 5.98. The van der Waals surface area contributed by atoms with Crippen LogP contribution in [0.4, 0.5) is 5.69 Å². The summed E-state index contributed by atoms with van der Waals surface area (Å²) in [5.74, 6) is 0.0121. The molecular weight excluding hydrogens is 180 g/mol. The minimum atomic E-state index is 0.0121. The lowest BCUT2D eigenvalue weighted by atomic mass is 10.1. The van der Waals surface area contributed by atoms with Crippen LogP contribution in [0.1, 0.15) is 17.3 Å². The Balaban J connectivity index is 0.000000364. The summed E-state index contributed by atoms with van der Waals surface area (Å²) >= 11 is 0. The molecule has 14 heavy (non-hydrogen) atoms. The van der Waals surface area contributed by atoms with E-state index in [1.807, 2.05) is 6.07 Å². The number of hydrogen-bond acceptors (Lipinski definition) is 4. The third-order valence-corrected chi connectivity index (χ3v) is 1.43. The van der Waals surface area contributed by atoms with Gasteiger partial charge in [-0.1, -0.05) is 12.1 Å². The lowest BCUT2D eigenvalue weighted by Crippen LogP contribution is -1.97. The van der Waals surface area contributed by atoms with E-state index >= 15 is 0 Å². The molecule has 0 radical (unpaired) electrons. The van der Waals surface area contributed by atoms with Crippen molar-refractivity contribution in [3.8, 4) is 0 Å². The maximum atomic E-state index is 10.8. The highest BCUT2D eigenvalue weighted by atomic mass is 16.1. The molecule has 0 aliphatic rings. The average Bonchev–Trinajstić information content (AvgIpc) is 2.18. The Hall–Kier alpha value is -1.93. The third-order valence-electron chi connectivity index (χ3n) is 1.43. The summed E-state index contributed by atoms with van der Waals surface area (Å²) in [5.41, 5.74) is 6.65. The molecule has 0 unspecified atom stereocenters. The van der Waals surface area contributed by atoms with Crippen LogP contribution in [0, 0.1) is 0 Å². The van der Waals surface area contributed by atoms with Crippen LogP contribution in [0.15, 0.2) is 29.3 Å². The van der Waals surface area contributed by atoms with Gasteiger partial charge in [0.2, 0.25) is 6.08 Å². The first-order valence-corrected chi connectivity index (χ1v) is 3.95. The molecule has 4 nitrogen and oxygen atoms in total. The highest BCUT2D eigenvalue weighted by Gasteiger charge is 2.00. The SMILES string of the molecule is CC(=O)c1ccccc1N.CN=C=O.